The number of nitrogens with one attached hydrogen (secondary N) is 1. The first-order valence-electron chi connectivity index (χ1n) is 5.80. The van der Waals surface area contributed by atoms with Crippen molar-refractivity contribution in [2.24, 2.45) is 0 Å². The van der Waals surface area contributed by atoms with Gasteiger partial charge in [-0.3, -0.25) is 0 Å². The molecule has 0 aliphatic carbocycles. The molecule has 15 heavy (non-hydrogen) atoms. The molecule has 0 saturated carbocycles. The summed E-state index contributed by atoms with van der Waals surface area (Å²) in [5, 5.41) is 12.3. The maximum Gasteiger partial charge on any atom is 0.0445 e. The van der Waals surface area contributed by atoms with Crippen LogP contribution in [0.25, 0.3) is 0 Å². The van der Waals surface area contributed by atoms with E-state index in [4.69, 9.17) is 5.11 Å². The first kappa shape index (κ1) is 12.3. The summed E-state index contributed by atoms with van der Waals surface area (Å²) >= 11 is 0. The fourth-order valence-corrected chi connectivity index (χ4v) is 1.77. The summed E-state index contributed by atoms with van der Waals surface area (Å²) in [4.78, 5) is 0. The highest BCUT2D eigenvalue weighted by Crippen LogP contribution is 2.04. The topological polar surface area (TPSA) is 37.2 Å². The number of aromatic nitrogens is 1. The predicted octanol–water partition coefficient (Wildman–Crippen LogP) is 1.76. The zero-order valence-electron chi connectivity index (χ0n) is 9.74. The SMILES string of the molecule is CCC(CCO)NCc1cccn1CC. The molecule has 0 spiro atoms. The lowest BCUT2D eigenvalue weighted by Crippen LogP contribution is -2.29. The first-order chi connectivity index (χ1) is 7.31. The monoisotopic (exact) mass is 210 g/mol. The molecular formula is C12H22N2O. The van der Waals surface area contributed by atoms with Crippen LogP contribution in [0.2, 0.25) is 0 Å². The minimum atomic E-state index is 0.264. The molecule has 0 aromatic carbocycles. The summed E-state index contributed by atoms with van der Waals surface area (Å²) in [6, 6.07) is 4.64. The molecule has 1 rings (SSSR count). The molecule has 0 aliphatic rings. The Kier molecular flexibility index (Phi) is 5.43. The maximum absolute atomic E-state index is 8.88. The van der Waals surface area contributed by atoms with Crippen LogP contribution in [0.1, 0.15) is 32.4 Å². The molecule has 1 heterocycles. The molecule has 2 N–H and O–H groups in total. The van der Waals surface area contributed by atoms with Gasteiger partial charge in [-0.15, -0.1) is 0 Å². The van der Waals surface area contributed by atoms with Crippen molar-refractivity contribution in [2.75, 3.05) is 6.61 Å². The zero-order chi connectivity index (χ0) is 11.1. The van der Waals surface area contributed by atoms with E-state index < -0.39 is 0 Å². The highest BCUT2D eigenvalue weighted by atomic mass is 16.3. The molecule has 1 unspecified atom stereocenters. The second-order valence-electron chi connectivity index (χ2n) is 3.78. The number of nitrogens with zero attached hydrogens (tertiary/aromatic N) is 1. The summed E-state index contributed by atoms with van der Waals surface area (Å²) in [5.41, 5.74) is 1.31. The number of hydrogen-bond acceptors (Lipinski definition) is 2. The van der Waals surface area contributed by atoms with E-state index in [1.165, 1.54) is 5.69 Å². The highest BCUT2D eigenvalue weighted by molar-refractivity contribution is 5.06. The Morgan fingerprint density at radius 1 is 1.47 bits per heavy atom. The van der Waals surface area contributed by atoms with Crippen molar-refractivity contribution in [1.82, 2.24) is 9.88 Å². The van der Waals surface area contributed by atoms with E-state index in [2.05, 4.69) is 42.1 Å². The van der Waals surface area contributed by atoms with Crippen molar-refractivity contribution in [2.45, 2.75) is 45.8 Å². The molecule has 0 fully saturated rings. The highest BCUT2D eigenvalue weighted by Gasteiger charge is 2.05. The molecule has 0 bridgehead atoms. The Bertz CT molecular complexity index is 270. The normalized spacial score (nSPS) is 13.0. The van der Waals surface area contributed by atoms with Gasteiger partial charge in [0.15, 0.2) is 0 Å². The van der Waals surface area contributed by atoms with Crippen molar-refractivity contribution in [3.63, 3.8) is 0 Å². The molecule has 1 aromatic heterocycles. The van der Waals surface area contributed by atoms with E-state index in [0.29, 0.717) is 6.04 Å². The molecule has 1 aromatic rings. The second kappa shape index (κ2) is 6.64. The van der Waals surface area contributed by atoms with Gasteiger partial charge < -0.3 is 15.0 Å². The van der Waals surface area contributed by atoms with E-state index in [1.54, 1.807) is 0 Å². The number of aryl methyl sites for hydroxylation is 1. The summed E-state index contributed by atoms with van der Waals surface area (Å²) in [6.45, 7) is 6.46. The molecule has 86 valence electrons. The standard InChI is InChI=1S/C12H22N2O/c1-3-11(7-9-15)13-10-12-6-5-8-14(12)4-2/h5-6,8,11,13,15H,3-4,7,9-10H2,1-2H3. The minimum Gasteiger partial charge on any atom is -0.396 e. The molecular weight excluding hydrogens is 188 g/mol. The third kappa shape index (κ3) is 3.68. The molecule has 1 atom stereocenters. The van der Waals surface area contributed by atoms with Crippen LogP contribution in [-0.2, 0) is 13.1 Å². The van der Waals surface area contributed by atoms with E-state index in [9.17, 15) is 0 Å². The van der Waals surface area contributed by atoms with Crippen LogP contribution in [0.4, 0.5) is 0 Å². The zero-order valence-corrected chi connectivity index (χ0v) is 9.74. The fraction of sp³-hybridized carbons (Fsp3) is 0.667. The number of aliphatic hydroxyl groups excluding tert-OH is 1. The Balaban J connectivity index is 2.41. The Morgan fingerprint density at radius 3 is 2.87 bits per heavy atom. The van der Waals surface area contributed by atoms with Gasteiger partial charge in [0.25, 0.3) is 0 Å². The van der Waals surface area contributed by atoms with Gasteiger partial charge in [0.2, 0.25) is 0 Å². The van der Waals surface area contributed by atoms with Gasteiger partial charge in [0.05, 0.1) is 0 Å². The van der Waals surface area contributed by atoms with Crippen LogP contribution in [0.3, 0.4) is 0 Å². The van der Waals surface area contributed by atoms with E-state index in [1.807, 2.05) is 0 Å². The Hall–Kier alpha value is -0.800. The third-order valence-electron chi connectivity index (χ3n) is 2.81. The lowest BCUT2D eigenvalue weighted by Gasteiger charge is -2.16. The van der Waals surface area contributed by atoms with Crippen LogP contribution < -0.4 is 5.32 Å². The average Bonchev–Trinajstić information content (AvgIpc) is 2.71. The van der Waals surface area contributed by atoms with Crippen LogP contribution in [0.15, 0.2) is 18.3 Å². The van der Waals surface area contributed by atoms with Crippen molar-refractivity contribution in [3.8, 4) is 0 Å². The molecule has 3 heteroatoms. The number of hydrogen-bond donors (Lipinski definition) is 2. The van der Waals surface area contributed by atoms with E-state index >= 15 is 0 Å². The first-order valence-corrected chi connectivity index (χ1v) is 5.80. The largest absolute Gasteiger partial charge is 0.396 e. The molecule has 3 nitrogen and oxygen atoms in total. The predicted molar refractivity (Wildman–Crippen MR) is 62.7 cm³/mol. The Labute approximate surface area is 92.1 Å². The van der Waals surface area contributed by atoms with Crippen LogP contribution in [0.5, 0.6) is 0 Å². The molecule has 0 amide bonds. The summed E-state index contributed by atoms with van der Waals surface area (Å²) < 4.78 is 2.23. The number of rotatable bonds is 7. The van der Waals surface area contributed by atoms with Gasteiger partial charge in [0.1, 0.15) is 0 Å². The molecule has 0 radical (unpaired) electrons. The Morgan fingerprint density at radius 2 is 2.27 bits per heavy atom. The third-order valence-corrected chi connectivity index (χ3v) is 2.81. The van der Waals surface area contributed by atoms with Gasteiger partial charge in [-0.1, -0.05) is 6.92 Å². The smallest absolute Gasteiger partial charge is 0.0445 e. The maximum atomic E-state index is 8.88. The molecule has 0 aliphatic heterocycles. The lowest BCUT2D eigenvalue weighted by molar-refractivity contribution is 0.261. The summed E-state index contributed by atoms with van der Waals surface area (Å²) in [6.07, 6.45) is 4.00. The minimum absolute atomic E-state index is 0.264. The lowest BCUT2D eigenvalue weighted by atomic mass is 10.1. The van der Waals surface area contributed by atoms with Crippen molar-refractivity contribution in [3.05, 3.63) is 24.0 Å². The van der Waals surface area contributed by atoms with Gasteiger partial charge >= 0.3 is 0 Å². The van der Waals surface area contributed by atoms with Crippen LogP contribution in [-0.4, -0.2) is 22.3 Å². The van der Waals surface area contributed by atoms with Crippen molar-refractivity contribution in [1.29, 1.82) is 0 Å². The quantitative estimate of drug-likeness (QED) is 0.719. The molecule has 0 saturated heterocycles. The van der Waals surface area contributed by atoms with Crippen molar-refractivity contribution >= 4 is 0 Å². The summed E-state index contributed by atoms with van der Waals surface area (Å²) in [5.74, 6) is 0. The van der Waals surface area contributed by atoms with Crippen LogP contribution >= 0.6 is 0 Å². The fourth-order valence-electron chi connectivity index (χ4n) is 1.77. The van der Waals surface area contributed by atoms with E-state index in [0.717, 1.165) is 25.9 Å². The van der Waals surface area contributed by atoms with Crippen LogP contribution in [0, 0.1) is 0 Å². The second-order valence-corrected chi connectivity index (χ2v) is 3.78. The van der Waals surface area contributed by atoms with Crippen molar-refractivity contribution < 1.29 is 5.11 Å². The van der Waals surface area contributed by atoms with E-state index in [-0.39, 0.29) is 6.61 Å². The summed E-state index contributed by atoms with van der Waals surface area (Å²) in [7, 11) is 0. The number of aliphatic hydroxyl groups is 1. The van der Waals surface area contributed by atoms with Gasteiger partial charge in [-0.25, -0.2) is 0 Å². The average molecular weight is 210 g/mol. The van der Waals surface area contributed by atoms with Gasteiger partial charge in [-0.2, -0.15) is 0 Å². The van der Waals surface area contributed by atoms with Gasteiger partial charge in [-0.05, 0) is 31.9 Å². The van der Waals surface area contributed by atoms with Gasteiger partial charge in [0, 0.05) is 37.6 Å².